The van der Waals surface area contributed by atoms with E-state index in [2.05, 4.69) is 48.4 Å². The minimum atomic E-state index is -0.150. The van der Waals surface area contributed by atoms with Gasteiger partial charge in [0.15, 0.2) is 0 Å². The Morgan fingerprint density at radius 3 is 2.17 bits per heavy atom. The molecule has 29 heavy (non-hydrogen) atoms. The van der Waals surface area contributed by atoms with Gasteiger partial charge in [-0.25, -0.2) is 0 Å². The first-order chi connectivity index (χ1) is 13.8. The van der Waals surface area contributed by atoms with E-state index in [1.165, 1.54) is 5.56 Å². The van der Waals surface area contributed by atoms with Crippen LogP contribution in [0.3, 0.4) is 0 Å². The Kier molecular flexibility index (Phi) is 8.25. The molecule has 156 valence electrons. The molecule has 2 aromatic carbocycles. The Labute approximate surface area is 174 Å². The fourth-order valence-corrected chi connectivity index (χ4v) is 2.96. The van der Waals surface area contributed by atoms with Crippen LogP contribution in [-0.2, 0) is 10.2 Å². The molecule has 0 radical (unpaired) electrons. The average molecular weight is 396 g/mol. The Morgan fingerprint density at radius 1 is 0.897 bits per heavy atom. The zero-order valence-electron chi connectivity index (χ0n) is 18.0. The van der Waals surface area contributed by atoms with Crippen molar-refractivity contribution in [1.82, 2.24) is 10.6 Å². The molecule has 0 saturated heterocycles. The van der Waals surface area contributed by atoms with E-state index in [0.717, 1.165) is 18.7 Å². The summed E-state index contributed by atoms with van der Waals surface area (Å²) in [5.74, 6) is -0.196. The van der Waals surface area contributed by atoms with E-state index >= 15 is 0 Å². The quantitative estimate of drug-likeness (QED) is 0.636. The molecule has 0 bridgehead atoms. The van der Waals surface area contributed by atoms with Crippen LogP contribution in [0.2, 0.25) is 0 Å². The number of para-hydroxylation sites is 1. The van der Waals surface area contributed by atoms with Crippen LogP contribution in [0.1, 0.15) is 49.5 Å². The molecule has 0 spiro atoms. The van der Waals surface area contributed by atoms with Crippen molar-refractivity contribution in [1.29, 1.82) is 0 Å². The molecule has 5 heteroatoms. The third kappa shape index (κ3) is 7.60. The van der Waals surface area contributed by atoms with Crippen molar-refractivity contribution in [3.05, 3.63) is 65.7 Å². The summed E-state index contributed by atoms with van der Waals surface area (Å²) in [7, 11) is 2.04. The lowest BCUT2D eigenvalue weighted by Crippen LogP contribution is -2.32. The largest absolute Gasteiger partial charge is 0.375 e. The first-order valence-electron chi connectivity index (χ1n) is 10.2. The fourth-order valence-electron chi connectivity index (χ4n) is 2.96. The van der Waals surface area contributed by atoms with Crippen molar-refractivity contribution in [3.63, 3.8) is 0 Å². The predicted octanol–water partition coefficient (Wildman–Crippen LogP) is 3.75. The normalized spacial score (nSPS) is 11.0. The number of amides is 2. The zero-order chi connectivity index (χ0) is 21.3. The molecule has 2 rings (SSSR count). The highest BCUT2D eigenvalue weighted by Gasteiger charge is 2.14. The third-order valence-corrected chi connectivity index (χ3v) is 4.84. The number of hydrogen-bond acceptors (Lipinski definition) is 3. The van der Waals surface area contributed by atoms with Crippen LogP contribution in [-0.4, -0.2) is 38.5 Å². The van der Waals surface area contributed by atoms with Crippen molar-refractivity contribution in [2.45, 2.75) is 39.0 Å². The minimum Gasteiger partial charge on any atom is -0.375 e. The highest BCUT2D eigenvalue weighted by atomic mass is 16.2. The van der Waals surface area contributed by atoms with Gasteiger partial charge in [-0.3, -0.25) is 9.59 Å². The molecule has 0 heterocycles. The van der Waals surface area contributed by atoms with Gasteiger partial charge in [0.05, 0.1) is 0 Å². The summed E-state index contributed by atoms with van der Waals surface area (Å²) >= 11 is 0. The van der Waals surface area contributed by atoms with Crippen LogP contribution in [0.5, 0.6) is 0 Å². The molecular formula is C24H33N3O2. The smallest absolute Gasteiger partial charge is 0.251 e. The van der Waals surface area contributed by atoms with E-state index in [-0.39, 0.29) is 23.7 Å². The SMILES string of the molecule is CN(CCCNC(=O)CCNC(=O)c1ccc(C(C)(C)C)cc1)c1ccccc1. The molecular weight excluding hydrogens is 362 g/mol. The first kappa shape index (κ1) is 22.5. The maximum Gasteiger partial charge on any atom is 0.251 e. The summed E-state index contributed by atoms with van der Waals surface area (Å²) in [4.78, 5) is 26.3. The van der Waals surface area contributed by atoms with Crippen LogP contribution in [0.25, 0.3) is 0 Å². The molecule has 0 saturated carbocycles. The second-order valence-electron chi connectivity index (χ2n) is 8.29. The highest BCUT2D eigenvalue weighted by Crippen LogP contribution is 2.22. The van der Waals surface area contributed by atoms with Gasteiger partial charge in [-0.2, -0.15) is 0 Å². The van der Waals surface area contributed by atoms with Gasteiger partial charge in [0.25, 0.3) is 5.91 Å². The fraction of sp³-hybridized carbons (Fsp3) is 0.417. The predicted molar refractivity (Wildman–Crippen MR) is 119 cm³/mol. The summed E-state index contributed by atoms with van der Waals surface area (Å²) in [6, 6.07) is 17.8. The number of carbonyl (C=O) groups excluding carboxylic acids is 2. The van der Waals surface area contributed by atoms with Crippen LogP contribution < -0.4 is 15.5 Å². The molecule has 0 aliphatic heterocycles. The lowest BCUT2D eigenvalue weighted by atomic mass is 9.87. The second-order valence-corrected chi connectivity index (χ2v) is 8.29. The molecule has 0 aliphatic rings. The summed E-state index contributed by atoms with van der Waals surface area (Å²) in [5, 5.41) is 5.72. The van der Waals surface area contributed by atoms with Gasteiger partial charge in [-0.1, -0.05) is 51.1 Å². The maximum absolute atomic E-state index is 12.2. The Hall–Kier alpha value is -2.82. The lowest BCUT2D eigenvalue weighted by molar-refractivity contribution is -0.120. The summed E-state index contributed by atoms with van der Waals surface area (Å²) in [6.07, 6.45) is 1.14. The van der Waals surface area contributed by atoms with Crippen molar-refractivity contribution < 1.29 is 9.59 Å². The van der Waals surface area contributed by atoms with Crippen molar-refractivity contribution >= 4 is 17.5 Å². The number of anilines is 1. The number of carbonyl (C=O) groups is 2. The molecule has 2 aromatic rings. The van der Waals surface area contributed by atoms with Crippen LogP contribution in [0.4, 0.5) is 5.69 Å². The number of benzene rings is 2. The van der Waals surface area contributed by atoms with E-state index in [0.29, 0.717) is 18.7 Å². The van der Waals surface area contributed by atoms with Gasteiger partial charge in [-0.15, -0.1) is 0 Å². The van der Waals surface area contributed by atoms with E-state index in [1.807, 2.05) is 49.5 Å². The van der Waals surface area contributed by atoms with Gasteiger partial charge in [0, 0.05) is 44.4 Å². The van der Waals surface area contributed by atoms with Crippen molar-refractivity contribution in [2.75, 3.05) is 31.6 Å². The van der Waals surface area contributed by atoms with Gasteiger partial charge in [-0.05, 0) is 41.7 Å². The molecule has 0 aromatic heterocycles. The standard InChI is InChI=1S/C24H33N3O2/c1-24(2,3)20-13-11-19(12-14-20)23(29)26-17-15-22(28)25-16-8-18-27(4)21-9-6-5-7-10-21/h5-7,9-14H,8,15-18H2,1-4H3,(H,25,28)(H,26,29). The van der Waals surface area contributed by atoms with E-state index in [9.17, 15) is 9.59 Å². The van der Waals surface area contributed by atoms with E-state index < -0.39 is 0 Å². The van der Waals surface area contributed by atoms with Gasteiger partial charge in [0.2, 0.25) is 5.91 Å². The summed E-state index contributed by atoms with van der Waals surface area (Å²) < 4.78 is 0. The molecule has 2 amide bonds. The Bertz CT molecular complexity index is 780. The van der Waals surface area contributed by atoms with Crippen LogP contribution in [0.15, 0.2) is 54.6 Å². The Balaban J connectivity index is 1.62. The molecule has 0 aliphatic carbocycles. The maximum atomic E-state index is 12.2. The Morgan fingerprint density at radius 2 is 1.55 bits per heavy atom. The topological polar surface area (TPSA) is 61.4 Å². The van der Waals surface area contributed by atoms with E-state index in [1.54, 1.807) is 0 Å². The number of rotatable bonds is 9. The lowest BCUT2D eigenvalue weighted by Gasteiger charge is -2.19. The summed E-state index contributed by atoms with van der Waals surface area (Å²) in [6.45, 7) is 8.24. The number of nitrogens with one attached hydrogen (secondary N) is 2. The van der Waals surface area contributed by atoms with Gasteiger partial charge in [0.1, 0.15) is 0 Å². The molecule has 0 unspecified atom stereocenters. The van der Waals surface area contributed by atoms with Crippen molar-refractivity contribution in [3.8, 4) is 0 Å². The van der Waals surface area contributed by atoms with E-state index in [4.69, 9.17) is 0 Å². The molecule has 5 nitrogen and oxygen atoms in total. The summed E-state index contributed by atoms with van der Waals surface area (Å²) in [5.41, 5.74) is 3.02. The zero-order valence-corrected chi connectivity index (χ0v) is 18.0. The number of hydrogen-bond donors (Lipinski definition) is 2. The van der Waals surface area contributed by atoms with Crippen molar-refractivity contribution in [2.24, 2.45) is 0 Å². The van der Waals surface area contributed by atoms with Gasteiger partial charge < -0.3 is 15.5 Å². The number of nitrogens with zero attached hydrogens (tertiary/aromatic N) is 1. The highest BCUT2D eigenvalue weighted by molar-refractivity contribution is 5.94. The third-order valence-electron chi connectivity index (χ3n) is 4.84. The monoisotopic (exact) mass is 395 g/mol. The van der Waals surface area contributed by atoms with Crippen LogP contribution in [0, 0.1) is 0 Å². The van der Waals surface area contributed by atoms with Gasteiger partial charge >= 0.3 is 0 Å². The first-order valence-corrected chi connectivity index (χ1v) is 10.2. The molecule has 0 fully saturated rings. The molecule has 0 atom stereocenters. The minimum absolute atomic E-state index is 0.0456. The van der Waals surface area contributed by atoms with Crippen LogP contribution >= 0.6 is 0 Å². The average Bonchev–Trinajstić information content (AvgIpc) is 2.71. The molecule has 2 N–H and O–H groups in total. The second kappa shape index (κ2) is 10.6.